The minimum Gasteiger partial charge on any atom is -0.172 e. The van der Waals surface area contributed by atoms with Gasteiger partial charge in [0, 0.05) is 59.9 Å². The third kappa shape index (κ3) is 22.4. The molecule has 0 saturated carbocycles. The van der Waals surface area contributed by atoms with E-state index in [-0.39, 0.29) is 0 Å². The van der Waals surface area contributed by atoms with Gasteiger partial charge in [0.1, 0.15) is 11.0 Å². The molecule has 8 rings (SSSR count). The fourth-order valence-electron chi connectivity index (χ4n) is 13.0. The van der Waals surface area contributed by atoms with Crippen LogP contribution in [0.15, 0.2) is 56.1 Å². The van der Waals surface area contributed by atoms with Gasteiger partial charge < -0.3 is 0 Å². The molecule has 7 heterocycles. The van der Waals surface area contributed by atoms with Crippen LogP contribution >= 0.6 is 112 Å². The number of nitrogens with zero attached hydrogens (tertiary/aromatic N) is 2. The van der Waals surface area contributed by atoms with E-state index in [0.29, 0.717) is 0 Å². The zero-order valence-corrected chi connectivity index (χ0v) is 64.7. The van der Waals surface area contributed by atoms with Crippen molar-refractivity contribution in [1.82, 2.24) is 8.75 Å². The summed E-state index contributed by atoms with van der Waals surface area (Å²) in [6.07, 6.45) is 54.5. The highest BCUT2D eigenvalue weighted by Gasteiger charge is 2.25. The highest BCUT2D eigenvalue weighted by molar-refractivity contribution is 9.11. The van der Waals surface area contributed by atoms with Crippen LogP contribution in [0, 0.1) is 0 Å². The van der Waals surface area contributed by atoms with Crippen molar-refractivity contribution < 1.29 is 0 Å². The van der Waals surface area contributed by atoms with Gasteiger partial charge in [-0.2, -0.15) is 8.75 Å². The van der Waals surface area contributed by atoms with Gasteiger partial charge in [-0.15, -0.1) is 68.0 Å². The molecule has 7 aromatic heterocycles. The lowest BCUT2D eigenvalue weighted by Crippen LogP contribution is -1.87. The van der Waals surface area contributed by atoms with E-state index < -0.39 is 0 Å². The van der Waals surface area contributed by atoms with Gasteiger partial charge in [0.25, 0.3) is 0 Å². The number of benzene rings is 1. The topological polar surface area (TPSA) is 25.8 Å². The van der Waals surface area contributed by atoms with Crippen molar-refractivity contribution >= 4 is 123 Å². The Morgan fingerprint density at radius 1 is 0.258 bits per heavy atom. The van der Waals surface area contributed by atoms with E-state index in [1.807, 2.05) is 45.3 Å². The Kier molecular flexibility index (Phi) is 33.8. The van der Waals surface area contributed by atoms with E-state index >= 15 is 0 Å². The second-order valence-electron chi connectivity index (χ2n) is 25.9. The van der Waals surface area contributed by atoms with E-state index in [4.69, 9.17) is 8.75 Å². The quantitative estimate of drug-likeness (QED) is 0.0355. The summed E-state index contributed by atoms with van der Waals surface area (Å²) >= 11 is 21.7. The zero-order chi connectivity index (χ0) is 62.4. The molecular weight excluding hydrogens is 1350 g/mol. The summed E-state index contributed by atoms with van der Waals surface area (Å²) in [6, 6.07) is 20.4. The second kappa shape index (κ2) is 41.2. The van der Waals surface area contributed by atoms with Gasteiger partial charge in [-0.05, 0) is 179 Å². The van der Waals surface area contributed by atoms with Crippen LogP contribution in [0.3, 0.4) is 0 Å². The summed E-state index contributed by atoms with van der Waals surface area (Å²) in [5, 5.41) is 0. The van der Waals surface area contributed by atoms with Crippen molar-refractivity contribution in [2.75, 3.05) is 0 Å². The van der Waals surface area contributed by atoms with Gasteiger partial charge in [0.05, 0.1) is 19.3 Å². The number of hydrogen-bond acceptors (Lipinski definition) is 9. The van der Waals surface area contributed by atoms with Gasteiger partial charge in [-0.3, -0.25) is 0 Å². The predicted molar refractivity (Wildman–Crippen MR) is 415 cm³/mol. The van der Waals surface area contributed by atoms with Crippen LogP contribution in [-0.4, -0.2) is 8.75 Å². The van der Waals surface area contributed by atoms with Crippen LogP contribution in [0.25, 0.3) is 70.9 Å². The van der Waals surface area contributed by atoms with Crippen LogP contribution in [0.1, 0.15) is 306 Å². The molecule has 0 N–H and O–H groups in total. The maximum atomic E-state index is 5.22. The maximum Gasteiger partial charge on any atom is 0.114 e. The van der Waals surface area contributed by atoms with Crippen LogP contribution in [0.5, 0.6) is 0 Å². The number of aryl methyl sites for hydroxylation is 6. The SMILES string of the molecule is CCCCCCCCc1cc(-c2sc(-c3sc(-c4ccc(-c5cc(CCCCCCCC)c(-c6cc(CCCCCCCC)c(-c7cc(CCCCCCCC)c(Br)s7)s6)s5)c5nsnc45)cc3CCCCCCCC)cc2CCCCCCCC)sc1Br. The first-order valence-electron chi connectivity index (χ1n) is 36.1. The molecule has 0 atom stereocenters. The molecule has 11 heteroatoms. The first-order chi connectivity index (χ1) is 43.8. The molecule has 0 aliphatic heterocycles. The van der Waals surface area contributed by atoms with E-state index in [2.05, 4.69) is 145 Å². The molecule has 0 unspecified atom stereocenters. The largest absolute Gasteiger partial charge is 0.172 e. The molecule has 2 nitrogen and oxygen atoms in total. The number of thiophene rings is 6. The van der Waals surface area contributed by atoms with Crippen LogP contribution in [0.4, 0.5) is 0 Å². The molecule has 0 spiro atoms. The van der Waals surface area contributed by atoms with Crippen molar-refractivity contribution in [2.24, 2.45) is 0 Å². The molecule has 0 amide bonds. The average molecular weight is 1460 g/mol. The summed E-state index contributed by atoms with van der Waals surface area (Å²) in [7, 11) is 0. The lowest BCUT2D eigenvalue weighted by atomic mass is 10.0. The Balaban J connectivity index is 1.14. The molecular formula is C78H110Br2N2S7. The minimum absolute atomic E-state index is 1.07. The van der Waals surface area contributed by atoms with E-state index in [1.54, 1.807) is 11.1 Å². The molecule has 89 heavy (non-hydrogen) atoms. The van der Waals surface area contributed by atoms with Gasteiger partial charge >= 0.3 is 0 Å². The number of rotatable bonds is 48. The highest BCUT2D eigenvalue weighted by atomic mass is 79.9. The molecule has 488 valence electrons. The van der Waals surface area contributed by atoms with Crippen LogP contribution < -0.4 is 0 Å². The molecule has 0 aliphatic rings. The van der Waals surface area contributed by atoms with E-state index in [0.717, 1.165) is 36.7 Å². The lowest BCUT2D eigenvalue weighted by molar-refractivity contribution is 0.607. The Morgan fingerprint density at radius 3 is 0.753 bits per heavy atom. The number of fused-ring (bicyclic) bond motifs is 1. The second-order valence-corrected chi connectivity index (χ2v) is 35.4. The van der Waals surface area contributed by atoms with Crippen molar-refractivity contribution in [2.45, 2.75) is 311 Å². The lowest BCUT2D eigenvalue weighted by Gasteiger charge is -2.04. The zero-order valence-electron chi connectivity index (χ0n) is 55.8. The van der Waals surface area contributed by atoms with Crippen molar-refractivity contribution in [3.63, 3.8) is 0 Å². The van der Waals surface area contributed by atoms with Gasteiger partial charge in [-0.1, -0.05) is 246 Å². The van der Waals surface area contributed by atoms with Gasteiger partial charge in [0.2, 0.25) is 0 Å². The minimum atomic E-state index is 1.07. The maximum absolute atomic E-state index is 5.22. The van der Waals surface area contributed by atoms with E-state index in [9.17, 15) is 0 Å². The normalized spacial score (nSPS) is 11.9. The van der Waals surface area contributed by atoms with Gasteiger partial charge in [-0.25, -0.2) is 0 Å². The van der Waals surface area contributed by atoms with Crippen molar-refractivity contribution in [1.29, 1.82) is 0 Å². The summed E-state index contributed by atoms with van der Waals surface area (Å²) in [5.74, 6) is 0. The molecule has 8 aromatic rings. The molecule has 0 aliphatic carbocycles. The third-order valence-electron chi connectivity index (χ3n) is 18.4. The van der Waals surface area contributed by atoms with Crippen LogP contribution in [0.2, 0.25) is 0 Å². The standard InChI is InChI=1S/C78H110Br2N2S7/c1-7-13-19-25-31-37-43-57-51-65(83-73(57)67-53-59(45-39-33-27-21-15-9-3)75(85-67)69-55-61(77(79)87-69)47-41-35-29-23-17-11-5)63-49-50-64(72-71(63)81-89-82-72)66-52-58(44-38-32-26-20-14-8-2)74(84-66)68-54-60(46-40-34-28-22-16-10-4)76(86-68)70-56-62(78(80)88-70)48-42-36-30-24-18-12-6/h49-56H,7-48H2,1-6H3. The average Bonchev–Trinajstić information content (AvgIpc) is 1.68. The number of unbranched alkanes of at least 4 members (excludes halogenated alkanes) is 30. The third-order valence-corrected chi connectivity index (χ3v) is 28.3. The number of hydrogen-bond donors (Lipinski definition) is 0. The molecule has 0 fully saturated rings. The molecule has 0 saturated heterocycles. The Morgan fingerprint density at radius 2 is 0.472 bits per heavy atom. The summed E-state index contributed by atoms with van der Waals surface area (Å²) in [6.45, 7) is 14.0. The Bertz CT molecular complexity index is 3030. The fraction of sp³-hybridized carbons (Fsp3) is 0.615. The fourth-order valence-corrected chi connectivity index (χ4v) is 22.6. The summed E-state index contributed by atoms with van der Waals surface area (Å²) < 4.78 is 13.1. The monoisotopic (exact) mass is 1460 g/mol. The summed E-state index contributed by atoms with van der Waals surface area (Å²) in [4.78, 5) is 14.5. The number of halogens is 2. The van der Waals surface area contributed by atoms with Crippen molar-refractivity contribution in [3.8, 4) is 59.9 Å². The van der Waals surface area contributed by atoms with Gasteiger partial charge in [0.15, 0.2) is 0 Å². The smallest absolute Gasteiger partial charge is 0.114 e. The summed E-state index contributed by atoms with van der Waals surface area (Å²) in [5.41, 5.74) is 13.8. The van der Waals surface area contributed by atoms with Crippen molar-refractivity contribution in [3.05, 3.63) is 89.5 Å². The Labute approximate surface area is 586 Å². The highest BCUT2D eigenvalue weighted by Crippen LogP contribution is 2.52. The first kappa shape index (κ1) is 73.0. The molecule has 0 bridgehead atoms. The number of aromatic nitrogens is 2. The Hall–Kier alpha value is -1.80. The molecule has 0 radical (unpaired) electrons. The molecule has 1 aromatic carbocycles. The van der Waals surface area contributed by atoms with E-state index in [1.165, 1.54) is 345 Å². The van der Waals surface area contributed by atoms with Crippen LogP contribution in [-0.2, 0) is 38.5 Å². The predicted octanol–water partition coefficient (Wildman–Crippen LogP) is 31.0. The first-order valence-corrected chi connectivity index (χ1v) is 43.3.